The molecule has 4 nitrogen and oxygen atoms in total. The van der Waals surface area contributed by atoms with Gasteiger partial charge in [-0.3, -0.25) is 10.1 Å². The minimum absolute atomic E-state index is 0. The van der Waals surface area contributed by atoms with Crippen LogP contribution in [-0.4, -0.2) is 4.92 Å². The highest BCUT2D eigenvalue weighted by Gasteiger charge is 2.20. The number of benzene rings is 1. The van der Waals surface area contributed by atoms with Crippen molar-refractivity contribution in [2.45, 2.75) is 26.3 Å². The fraction of sp³-hybridized carbons (Fsp3) is 0.455. The molecule has 0 saturated heterocycles. The van der Waals surface area contributed by atoms with E-state index in [2.05, 4.69) is 0 Å². The van der Waals surface area contributed by atoms with E-state index in [0.717, 1.165) is 18.2 Å². The lowest BCUT2D eigenvalue weighted by molar-refractivity contribution is -0.385. The van der Waals surface area contributed by atoms with E-state index in [-0.39, 0.29) is 23.7 Å². The first-order valence-electron chi connectivity index (χ1n) is 5.11. The van der Waals surface area contributed by atoms with Crippen LogP contribution in [0.4, 0.5) is 10.1 Å². The molecule has 6 heteroatoms. The molecule has 0 aliphatic heterocycles. The summed E-state index contributed by atoms with van der Waals surface area (Å²) >= 11 is 0. The van der Waals surface area contributed by atoms with Crippen molar-refractivity contribution in [2.24, 2.45) is 11.7 Å². The molecule has 17 heavy (non-hydrogen) atoms. The number of hydrogen-bond acceptors (Lipinski definition) is 3. The highest BCUT2D eigenvalue weighted by atomic mass is 35.5. The van der Waals surface area contributed by atoms with Crippen LogP contribution in [0.25, 0.3) is 0 Å². The topological polar surface area (TPSA) is 69.2 Å². The summed E-state index contributed by atoms with van der Waals surface area (Å²) in [6.45, 7) is 3.93. The monoisotopic (exact) mass is 262 g/mol. The van der Waals surface area contributed by atoms with E-state index < -0.39 is 16.8 Å². The molecule has 96 valence electrons. The van der Waals surface area contributed by atoms with Gasteiger partial charge in [-0.1, -0.05) is 13.8 Å². The summed E-state index contributed by atoms with van der Waals surface area (Å²) in [7, 11) is 0. The second-order valence-electron chi connectivity index (χ2n) is 4.20. The van der Waals surface area contributed by atoms with Gasteiger partial charge in [0.2, 0.25) is 0 Å². The number of hydrogen-bond donors (Lipinski definition) is 1. The third kappa shape index (κ3) is 4.28. The van der Waals surface area contributed by atoms with Gasteiger partial charge in [0.15, 0.2) is 0 Å². The molecule has 0 saturated carbocycles. The van der Waals surface area contributed by atoms with Gasteiger partial charge in [0.05, 0.1) is 4.92 Å². The van der Waals surface area contributed by atoms with Crippen molar-refractivity contribution in [3.8, 4) is 0 Å². The number of nitrogens with zero attached hydrogens (tertiary/aromatic N) is 1. The molecule has 0 amide bonds. The van der Waals surface area contributed by atoms with Crippen molar-refractivity contribution in [1.82, 2.24) is 0 Å². The highest BCUT2D eigenvalue weighted by molar-refractivity contribution is 5.85. The largest absolute Gasteiger partial charge is 0.324 e. The van der Waals surface area contributed by atoms with Gasteiger partial charge < -0.3 is 5.73 Å². The predicted molar refractivity (Wildman–Crippen MR) is 66.7 cm³/mol. The van der Waals surface area contributed by atoms with Crippen LogP contribution in [0.5, 0.6) is 0 Å². The van der Waals surface area contributed by atoms with Crippen LogP contribution in [0.2, 0.25) is 0 Å². The molecule has 1 atom stereocenters. The fourth-order valence-electron chi connectivity index (χ4n) is 1.62. The van der Waals surface area contributed by atoms with Crippen LogP contribution in [0.15, 0.2) is 18.2 Å². The van der Waals surface area contributed by atoms with Crippen molar-refractivity contribution in [3.63, 3.8) is 0 Å². The normalized spacial score (nSPS) is 12.1. The van der Waals surface area contributed by atoms with Crippen molar-refractivity contribution in [2.75, 3.05) is 0 Å². The first-order valence-corrected chi connectivity index (χ1v) is 5.11. The van der Waals surface area contributed by atoms with Crippen LogP contribution in [-0.2, 0) is 0 Å². The summed E-state index contributed by atoms with van der Waals surface area (Å²) in [6.07, 6.45) is 0.588. The van der Waals surface area contributed by atoms with E-state index in [0.29, 0.717) is 12.3 Å². The molecule has 1 aromatic carbocycles. The van der Waals surface area contributed by atoms with Gasteiger partial charge in [0.1, 0.15) is 5.82 Å². The molecule has 2 N–H and O–H groups in total. The molecule has 0 aliphatic carbocycles. The Bertz CT molecular complexity index is 399. The number of nitro groups is 1. The minimum atomic E-state index is -0.533. The van der Waals surface area contributed by atoms with Crippen molar-refractivity contribution in [3.05, 3.63) is 39.7 Å². The van der Waals surface area contributed by atoms with Crippen LogP contribution >= 0.6 is 12.4 Å². The Labute approximate surface area is 106 Å². The quantitative estimate of drug-likeness (QED) is 0.669. The molecule has 0 spiro atoms. The molecular formula is C11H16ClFN2O2. The van der Waals surface area contributed by atoms with Crippen LogP contribution in [0.3, 0.4) is 0 Å². The van der Waals surface area contributed by atoms with E-state index in [1.165, 1.54) is 0 Å². The number of rotatable bonds is 4. The van der Waals surface area contributed by atoms with Crippen LogP contribution in [0.1, 0.15) is 31.9 Å². The summed E-state index contributed by atoms with van der Waals surface area (Å²) in [4.78, 5) is 10.2. The second kappa shape index (κ2) is 6.51. The van der Waals surface area contributed by atoms with Gasteiger partial charge in [-0.2, -0.15) is 0 Å². The van der Waals surface area contributed by atoms with Gasteiger partial charge in [-0.25, -0.2) is 4.39 Å². The Morgan fingerprint density at radius 2 is 2.06 bits per heavy atom. The van der Waals surface area contributed by atoms with Crippen molar-refractivity contribution >= 4 is 18.1 Å². The minimum Gasteiger partial charge on any atom is -0.324 e. The molecule has 0 aliphatic rings. The molecule has 1 aromatic rings. The van der Waals surface area contributed by atoms with E-state index in [4.69, 9.17) is 5.73 Å². The zero-order valence-corrected chi connectivity index (χ0v) is 10.5. The Morgan fingerprint density at radius 3 is 2.53 bits per heavy atom. The maximum Gasteiger partial charge on any atom is 0.274 e. The zero-order chi connectivity index (χ0) is 12.3. The Kier molecular flexibility index (Phi) is 6.05. The lowest BCUT2D eigenvalue weighted by Gasteiger charge is -2.14. The van der Waals surface area contributed by atoms with Gasteiger partial charge in [0, 0.05) is 17.7 Å². The van der Waals surface area contributed by atoms with Gasteiger partial charge >= 0.3 is 0 Å². The molecule has 0 radical (unpaired) electrons. The summed E-state index contributed by atoms with van der Waals surface area (Å²) < 4.78 is 13.0. The summed E-state index contributed by atoms with van der Waals surface area (Å²) in [5.41, 5.74) is 5.98. The third-order valence-electron chi connectivity index (χ3n) is 2.31. The van der Waals surface area contributed by atoms with E-state index in [1.807, 2.05) is 13.8 Å². The second-order valence-corrected chi connectivity index (χ2v) is 4.20. The molecule has 0 bridgehead atoms. The smallest absolute Gasteiger partial charge is 0.274 e. The van der Waals surface area contributed by atoms with Gasteiger partial charge in [-0.15, -0.1) is 12.4 Å². The van der Waals surface area contributed by atoms with E-state index in [9.17, 15) is 14.5 Å². The summed E-state index contributed by atoms with van der Waals surface area (Å²) in [5.74, 6) is -0.197. The SMILES string of the molecule is CC(C)C[C@@H](N)c1cc(F)ccc1[N+](=O)[O-].Cl. The maximum absolute atomic E-state index is 13.0. The predicted octanol–water partition coefficient (Wildman–Crippen LogP) is 3.20. The molecule has 0 heterocycles. The fourth-order valence-corrected chi connectivity index (χ4v) is 1.62. The van der Waals surface area contributed by atoms with Crippen LogP contribution < -0.4 is 5.73 Å². The highest BCUT2D eigenvalue weighted by Crippen LogP contribution is 2.28. The average molecular weight is 263 g/mol. The first kappa shape index (κ1) is 15.8. The van der Waals surface area contributed by atoms with Crippen LogP contribution in [0, 0.1) is 21.8 Å². The van der Waals surface area contributed by atoms with E-state index in [1.54, 1.807) is 0 Å². The Morgan fingerprint density at radius 1 is 1.47 bits per heavy atom. The molecule has 0 aromatic heterocycles. The molecular weight excluding hydrogens is 247 g/mol. The average Bonchev–Trinajstić information content (AvgIpc) is 2.15. The third-order valence-corrected chi connectivity index (χ3v) is 2.31. The summed E-state index contributed by atoms with van der Waals surface area (Å²) in [5, 5.41) is 10.8. The van der Waals surface area contributed by atoms with Crippen molar-refractivity contribution in [1.29, 1.82) is 0 Å². The number of nitro benzene ring substituents is 1. The molecule has 1 rings (SSSR count). The Balaban J connectivity index is 0.00000256. The summed E-state index contributed by atoms with van der Waals surface area (Å²) in [6, 6.07) is 2.87. The van der Waals surface area contributed by atoms with Crippen molar-refractivity contribution < 1.29 is 9.31 Å². The zero-order valence-electron chi connectivity index (χ0n) is 9.72. The Hall–Kier alpha value is -1.20. The first-order chi connectivity index (χ1) is 7.41. The molecule has 0 unspecified atom stereocenters. The van der Waals surface area contributed by atoms with Gasteiger partial charge in [0.25, 0.3) is 5.69 Å². The lowest BCUT2D eigenvalue weighted by Crippen LogP contribution is -2.15. The number of nitrogens with two attached hydrogens (primary N) is 1. The standard InChI is InChI=1S/C11H15FN2O2.ClH/c1-7(2)5-10(13)9-6-8(12)3-4-11(9)14(15)16;/h3-4,6-7,10H,5,13H2,1-2H3;1H/t10-;/m1./s1. The van der Waals surface area contributed by atoms with E-state index >= 15 is 0 Å². The maximum atomic E-state index is 13.0. The molecule has 0 fully saturated rings. The van der Waals surface area contributed by atoms with Gasteiger partial charge in [-0.05, 0) is 24.5 Å². The lowest BCUT2D eigenvalue weighted by atomic mass is 9.96. The number of halogens is 2.